The van der Waals surface area contributed by atoms with Crippen LogP contribution in [0.5, 0.6) is 23.0 Å². The maximum Gasteiger partial charge on any atom is 0.335 e. The summed E-state index contributed by atoms with van der Waals surface area (Å²) >= 11 is 4.71. The Kier molecular flexibility index (Phi) is 53.5. The van der Waals surface area contributed by atoms with Gasteiger partial charge in [0.2, 0.25) is 11.1 Å². The van der Waals surface area contributed by atoms with Gasteiger partial charge in [0, 0.05) is 34.5 Å². The minimum atomic E-state index is -0.587. The third-order valence-corrected chi connectivity index (χ3v) is 15.5. The van der Waals surface area contributed by atoms with Gasteiger partial charge in [-0.25, -0.2) is 4.79 Å². The fourth-order valence-electron chi connectivity index (χ4n) is 9.28. The van der Waals surface area contributed by atoms with Gasteiger partial charge in [0.05, 0.1) is 29.4 Å². The fraction of sp³-hybridized carbons (Fsp3) is 0.167. The number of para-hydroxylation sites is 4. The van der Waals surface area contributed by atoms with Gasteiger partial charge in [-0.1, -0.05) is 203 Å². The molecule has 0 aliphatic heterocycles. The van der Waals surface area contributed by atoms with Gasteiger partial charge in [0.15, 0.2) is 17.1 Å². The summed E-state index contributed by atoms with van der Waals surface area (Å²) in [5.41, 5.74) is 11.6. The Labute approximate surface area is 725 Å². The molecular formula is C96H110ClN11O15. The Balaban J connectivity index is 0.00000153. The number of ketones is 1. The van der Waals surface area contributed by atoms with E-state index in [0.717, 1.165) is 31.4 Å². The van der Waals surface area contributed by atoms with Crippen LogP contribution in [0, 0.1) is 5.92 Å². The van der Waals surface area contributed by atoms with Gasteiger partial charge < -0.3 is 62.0 Å². The van der Waals surface area contributed by atoms with E-state index in [1.165, 1.54) is 75.2 Å². The number of allylic oxidation sites excluding steroid dienone is 4. The van der Waals surface area contributed by atoms with Crippen LogP contribution in [0.2, 0.25) is 0 Å². The zero-order chi connectivity index (χ0) is 87.3. The van der Waals surface area contributed by atoms with Crippen molar-refractivity contribution in [3.63, 3.8) is 0 Å². The molecule has 10 aromatic rings. The summed E-state index contributed by atoms with van der Waals surface area (Å²) in [6.45, 7) is 19.5. The first kappa shape index (κ1) is 108. The predicted octanol–water partition coefficient (Wildman–Crippen LogP) is 24.3. The van der Waals surface area contributed by atoms with E-state index in [2.05, 4.69) is 90.7 Å². The van der Waals surface area contributed by atoms with E-state index in [0.29, 0.717) is 62.9 Å². The largest absolute Gasteiger partial charge is 0.510 e. The quantitative estimate of drug-likeness (QED) is 0.00277. The molecule has 0 aromatic heterocycles. The minimum Gasteiger partial charge on any atom is -0.510 e. The lowest BCUT2D eigenvalue weighted by Crippen LogP contribution is -2.18. The lowest BCUT2D eigenvalue weighted by molar-refractivity contribution is -0.138. The second-order valence-electron chi connectivity index (χ2n) is 24.9. The molecule has 26 nitrogen and oxygen atoms in total. The van der Waals surface area contributed by atoms with E-state index < -0.39 is 28.9 Å². The molecule has 0 aliphatic carbocycles. The molecular weight excluding hydrogens is 1580 g/mol. The number of amides is 4. The standard InChI is InChI=1S/C30H33N3O4.C19H17N3O4.C16H15N3O3.C10H11NO2.C8H8.C6H7NO.C3H3ClO.4CH4/c1-4-23(24-11-7-5-8-12-24)16-15-21(2)30(36)37-27-19-17-26(18-20-27)32-33-28(22(3)34)29(35)31-25-13-9-6-10-14-25;1-3-17(24)26-16-11-9-15(10-12-16)21-22-18(13(2)23)19(25)20-14-7-5-4-6-8-14;1-11(20)15(16(22)17-12-5-3-2-4-6-12)19-18-13-7-9-14(21)10-8-13;1-8(12)7-10(13)11-9-5-3-2-4-6-9;1-2-8-6-4-3-5-7-8;7-5-1-3-6(8)4-2-5;1-2-3(4)5;;;;/h5-14,17-21,23,34H,4,15-16H2,1-3H3,(H,31,35);3-12,23H,1H2,2H3,(H,20,25);2-10,20-21H,1H3,(H,17,22);2-6H,7H2,1H3,(H,11,13);2-7H,1H2;1-4,8H,7H2;2H,1H2;4*1H4. The number of esters is 2. The maximum atomic E-state index is 12.6. The van der Waals surface area contributed by atoms with Gasteiger partial charge >= 0.3 is 11.9 Å². The van der Waals surface area contributed by atoms with E-state index in [1.54, 1.807) is 146 Å². The van der Waals surface area contributed by atoms with Gasteiger partial charge in [-0.15, -0.1) is 15.3 Å². The van der Waals surface area contributed by atoms with E-state index in [-0.39, 0.29) is 106 Å². The highest BCUT2D eigenvalue weighted by molar-refractivity contribution is 6.66. The number of aromatic hydroxyl groups is 2. The summed E-state index contributed by atoms with van der Waals surface area (Å²) in [4.78, 5) is 91.7. The summed E-state index contributed by atoms with van der Waals surface area (Å²) in [7, 11) is 0. The molecule has 4 amide bonds. The number of halogens is 1. The molecule has 2 atom stereocenters. The predicted molar refractivity (Wildman–Crippen MR) is 492 cm³/mol. The smallest absolute Gasteiger partial charge is 0.335 e. The third kappa shape index (κ3) is 45.3. The highest BCUT2D eigenvalue weighted by atomic mass is 35.5. The number of ether oxygens (including phenoxy) is 2. The second kappa shape index (κ2) is 61.1. The molecule has 646 valence electrons. The summed E-state index contributed by atoms with van der Waals surface area (Å²) in [6, 6.07) is 80.9. The molecule has 0 bridgehead atoms. The number of phenols is 2. The van der Waals surface area contributed by atoms with Gasteiger partial charge in [-0.2, -0.15) is 15.3 Å². The van der Waals surface area contributed by atoms with Crippen molar-refractivity contribution in [3.8, 4) is 23.0 Å². The Morgan fingerprint density at radius 2 is 0.740 bits per heavy atom. The third-order valence-electron chi connectivity index (χ3n) is 15.4. The molecule has 2 unspecified atom stereocenters. The second-order valence-corrected chi connectivity index (χ2v) is 25.3. The van der Waals surface area contributed by atoms with Crippen LogP contribution in [-0.4, -0.2) is 72.1 Å². The Bertz CT molecular complexity index is 5050. The highest BCUT2D eigenvalue weighted by Crippen LogP contribution is 2.29. The molecule has 123 heavy (non-hydrogen) atoms. The van der Waals surface area contributed by atoms with Crippen molar-refractivity contribution in [2.24, 2.45) is 36.6 Å². The highest BCUT2D eigenvalue weighted by Gasteiger charge is 2.20. The van der Waals surface area contributed by atoms with Crippen LogP contribution < -0.4 is 36.5 Å². The topological polar surface area (TPSA) is 404 Å². The minimum absolute atomic E-state index is 0. The number of hydrogen-bond acceptors (Lipinski definition) is 22. The van der Waals surface area contributed by atoms with Crippen molar-refractivity contribution in [3.05, 3.63) is 356 Å². The number of nitrogens with two attached hydrogens (primary N) is 1. The van der Waals surface area contributed by atoms with Crippen molar-refractivity contribution in [1.82, 2.24) is 0 Å². The van der Waals surface area contributed by atoms with Crippen molar-refractivity contribution in [1.29, 1.82) is 0 Å². The van der Waals surface area contributed by atoms with Crippen LogP contribution in [0.1, 0.15) is 114 Å². The van der Waals surface area contributed by atoms with E-state index >= 15 is 0 Å². The van der Waals surface area contributed by atoms with Crippen LogP contribution in [0.25, 0.3) is 6.08 Å². The number of anilines is 5. The van der Waals surface area contributed by atoms with Crippen LogP contribution in [-0.2, 0) is 38.4 Å². The van der Waals surface area contributed by atoms with Crippen LogP contribution >= 0.6 is 11.6 Å². The molecule has 0 aliphatic rings. The number of carbonyl (C=O) groups is 8. The molecule has 0 saturated carbocycles. The first-order valence-electron chi connectivity index (χ1n) is 36.6. The summed E-state index contributed by atoms with van der Waals surface area (Å²) < 4.78 is 10.5. The average Bonchev–Trinajstić information content (AvgIpc) is 0.877. The molecule has 27 heteroatoms. The monoisotopic (exact) mass is 1690 g/mol. The molecule has 0 heterocycles. The molecule has 0 spiro atoms. The first-order valence-corrected chi connectivity index (χ1v) is 37.0. The van der Waals surface area contributed by atoms with Crippen LogP contribution in [0.15, 0.2) is 376 Å². The number of aliphatic hydroxyl groups is 3. The molecule has 0 fully saturated rings. The number of nitrogens with one attached hydrogen (secondary N) is 4. The Hall–Kier alpha value is -15.3. The van der Waals surface area contributed by atoms with Crippen molar-refractivity contribution in [2.45, 2.75) is 103 Å². The zero-order valence-electron chi connectivity index (χ0n) is 66.4. The van der Waals surface area contributed by atoms with Gasteiger partial charge in [0.25, 0.3) is 17.7 Å². The molecule has 10 rings (SSSR count). The number of Topliss-reactive ketones (excluding diaryl/α,β-unsaturated/α-hetero) is 1. The number of hydrogen-bond donors (Lipinski definition) is 10. The van der Waals surface area contributed by atoms with E-state index in [1.807, 2.05) is 97.9 Å². The number of phenolic OH excluding ortho intramolecular Hbond substituents is 2. The van der Waals surface area contributed by atoms with Gasteiger partial charge in [-0.05, 0) is 227 Å². The number of azo groups is 3. The van der Waals surface area contributed by atoms with Crippen molar-refractivity contribution >= 4 is 110 Å². The van der Waals surface area contributed by atoms with Gasteiger partial charge in [-0.3, -0.25) is 33.6 Å². The number of aliphatic hydroxyl groups excluding tert-OH is 3. The zero-order valence-corrected chi connectivity index (χ0v) is 67.1. The summed E-state index contributed by atoms with van der Waals surface area (Å²) in [5.74, 6) is -2.47. The van der Waals surface area contributed by atoms with Crippen molar-refractivity contribution < 1.29 is 73.4 Å². The lowest BCUT2D eigenvalue weighted by atomic mass is 9.89. The molecule has 0 saturated heterocycles. The van der Waals surface area contributed by atoms with Crippen LogP contribution in [0.3, 0.4) is 0 Å². The Morgan fingerprint density at radius 3 is 1.03 bits per heavy atom. The van der Waals surface area contributed by atoms with Crippen LogP contribution in [0.4, 0.5) is 45.5 Å². The molecule has 11 N–H and O–H groups in total. The Morgan fingerprint density at radius 1 is 0.431 bits per heavy atom. The van der Waals surface area contributed by atoms with Crippen molar-refractivity contribution in [2.75, 3.05) is 27.0 Å². The number of nitrogen functional groups attached to an aromatic ring is 1. The number of benzene rings is 10. The SMILES string of the molecule is C.C.C.C.C=CC(=O)Cl.C=CC(=O)Oc1ccc(N=NC(C(=O)Nc2ccccc2)=C(C)O)cc1.C=Cc1ccccc1.CC(=O)CC(=O)Nc1ccccc1.CC(O)=C(N=Nc1ccc(O)cc1)C(=O)Nc1ccccc1.CCC(CCC(C)C(=O)Oc1ccc(N=NC(C(=O)Nc2ccccc2)=C(C)O)cc1)c1ccccc1.Nc1ccc(O)cc1. The maximum absolute atomic E-state index is 12.6. The normalized spacial score (nSPS) is 11.0. The van der Waals surface area contributed by atoms with Gasteiger partial charge in [0.1, 0.15) is 46.1 Å². The van der Waals surface area contributed by atoms with E-state index in [9.17, 15) is 58.8 Å². The summed E-state index contributed by atoms with van der Waals surface area (Å²) in [5, 5.41) is 80.4. The lowest BCUT2D eigenvalue weighted by Gasteiger charge is -2.17. The number of rotatable bonds is 26. The average molecular weight is 1690 g/mol. The number of carbonyl (C=O) groups excluding carboxylic acids is 8. The first-order chi connectivity index (χ1) is 57.1. The molecule has 10 aromatic carbocycles. The molecule has 0 radical (unpaired) electrons. The number of nitrogens with zero attached hydrogens (tertiary/aromatic N) is 6. The fourth-order valence-corrected chi connectivity index (χ4v) is 9.28. The summed E-state index contributed by atoms with van der Waals surface area (Å²) in [6.07, 6.45) is 6.53. The van der Waals surface area contributed by atoms with E-state index in [4.69, 9.17) is 31.9 Å².